The number of ketones is 1. The van der Waals surface area contributed by atoms with Crippen LogP contribution in [0.1, 0.15) is 49.7 Å². The van der Waals surface area contributed by atoms with Gasteiger partial charge < -0.3 is 15.4 Å². The third kappa shape index (κ3) is 3.18. The highest BCUT2D eigenvalue weighted by atomic mass is 32.1. The Balaban J connectivity index is 2.27. The van der Waals surface area contributed by atoms with E-state index in [-0.39, 0.29) is 11.7 Å². The third-order valence-electron chi connectivity index (χ3n) is 4.31. The van der Waals surface area contributed by atoms with Gasteiger partial charge in [-0.1, -0.05) is 27.2 Å². The number of ether oxygens (including phenoxy) is 1. The minimum atomic E-state index is -0.0469. The van der Waals surface area contributed by atoms with Gasteiger partial charge in [0.1, 0.15) is 5.00 Å². The molecule has 5 heteroatoms. The van der Waals surface area contributed by atoms with Crippen molar-refractivity contribution in [2.24, 2.45) is 11.8 Å². The van der Waals surface area contributed by atoms with E-state index in [4.69, 9.17) is 10.5 Å². The molecule has 1 aromatic rings. The molecule has 0 atom stereocenters. The van der Waals surface area contributed by atoms with Crippen molar-refractivity contribution in [2.75, 3.05) is 30.8 Å². The van der Waals surface area contributed by atoms with Crippen molar-refractivity contribution in [1.82, 2.24) is 0 Å². The van der Waals surface area contributed by atoms with Crippen LogP contribution in [0.2, 0.25) is 0 Å². The molecular weight excluding hydrogens is 284 g/mol. The number of nitrogens with two attached hydrogens (primary N) is 1. The van der Waals surface area contributed by atoms with Crippen LogP contribution >= 0.6 is 11.3 Å². The fourth-order valence-corrected chi connectivity index (χ4v) is 4.14. The molecule has 0 saturated carbocycles. The Morgan fingerprint density at radius 3 is 2.52 bits per heavy atom. The monoisotopic (exact) mass is 310 g/mol. The topological polar surface area (TPSA) is 55.6 Å². The summed E-state index contributed by atoms with van der Waals surface area (Å²) in [5, 5.41) is 1.02. The van der Waals surface area contributed by atoms with E-state index in [1.165, 1.54) is 30.6 Å². The maximum atomic E-state index is 12.3. The number of nitrogens with zero attached hydrogens (tertiary/aromatic N) is 1. The van der Waals surface area contributed by atoms with Gasteiger partial charge in [0.15, 0.2) is 11.5 Å². The summed E-state index contributed by atoms with van der Waals surface area (Å²) in [6.45, 7) is 8.10. The highest BCUT2D eigenvalue weighted by Gasteiger charge is 2.28. The highest BCUT2D eigenvalue weighted by Crippen LogP contribution is 2.46. The van der Waals surface area contributed by atoms with Crippen LogP contribution in [0, 0.1) is 11.8 Å². The number of carbonyl (C=O) groups excluding carboxylic acids is 1. The first-order valence-electron chi connectivity index (χ1n) is 7.74. The summed E-state index contributed by atoms with van der Waals surface area (Å²) < 4.78 is 5.48. The van der Waals surface area contributed by atoms with E-state index in [2.05, 4.69) is 11.8 Å². The van der Waals surface area contributed by atoms with E-state index >= 15 is 0 Å². The van der Waals surface area contributed by atoms with Crippen LogP contribution in [0.4, 0.5) is 10.7 Å². The molecule has 2 rings (SSSR count). The average molecular weight is 310 g/mol. The van der Waals surface area contributed by atoms with E-state index in [0.29, 0.717) is 16.3 Å². The van der Waals surface area contributed by atoms with Crippen LogP contribution in [0.25, 0.3) is 0 Å². The number of nitrogen functional groups attached to an aromatic ring is 1. The summed E-state index contributed by atoms with van der Waals surface area (Å²) in [5.41, 5.74) is 6.66. The van der Waals surface area contributed by atoms with E-state index in [9.17, 15) is 4.79 Å². The van der Waals surface area contributed by atoms with Crippen LogP contribution in [0.5, 0.6) is 5.75 Å². The quantitative estimate of drug-likeness (QED) is 0.840. The molecule has 1 fully saturated rings. The van der Waals surface area contributed by atoms with Gasteiger partial charge in [-0.05, 0) is 18.8 Å². The van der Waals surface area contributed by atoms with Gasteiger partial charge in [0, 0.05) is 19.0 Å². The summed E-state index contributed by atoms with van der Waals surface area (Å²) in [6, 6.07) is 0. The van der Waals surface area contributed by atoms with Crippen LogP contribution < -0.4 is 15.4 Å². The van der Waals surface area contributed by atoms with E-state index in [0.717, 1.165) is 24.0 Å². The lowest BCUT2D eigenvalue weighted by Crippen LogP contribution is -2.33. The maximum absolute atomic E-state index is 12.3. The number of anilines is 2. The number of rotatable bonds is 5. The molecule has 0 bridgehead atoms. The molecule has 0 aromatic carbocycles. The summed E-state index contributed by atoms with van der Waals surface area (Å²) in [4.78, 5) is 15.3. The SMILES string of the molecule is CCC1CCN(c2sc(C(=O)C(C)C)c(N)c2OC)CC1. The molecule has 118 valence electrons. The molecule has 1 aliphatic heterocycles. The Kier molecular flexibility index (Phi) is 5.14. The van der Waals surface area contributed by atoms with Gasteiger partial charge in [-0.2, -0.15) is 0 Å². The van der Waals surface area contributed by atoms with E-state index < -0.39 is 0 Å². The number of thiophene rings is 1. The molecular formula is C16H26N2O2S. The Morgan fingerprint density at radius 1 is 1.43 bits per heavy atom. The Bertz CT molecular complexity index is 503. The summed E-state index contributed by atoms with van der Waals surface area (Å²) >= 11 is 1.49. The zero-order chi connectivity index (χ0) is 15.6. The predicted octanol–water partition coefficient (Wildman–Crippen LogP) is 3.80. The van der Waals surface area contributed by atoms with Gasteiger partial charge in [0.25, 0.3) is 0 Å². The lowest BCUT2D eigenvalue weighted by molar-refractivity contribution is 0.0944. The second-order valence-electron chi connectivity index (χ2n) is 6.04. The zero-order valence-corrected chi connectivity index (χ0v) is 14.3. The van der Waals surface area contributed by atoms with E-state index in [1.54, 1.807) is 7.11 Å². The van der Waals surface area contributed by atoms with Crippen molar-refractivity contribution >= 4 is 27.8 Å². The molecule has 0 unspecified atom stereocenters. The molecule has 1 saturated heterocycles. The van der Waals surface area contributed by atoms with Crippen LogP contribution in [-0.2, 0) is 0 Å². The van der Waals surface area contributed by atoms with Gasteiger partial charge in [0.05, 0.1) is 17.7 Å². The molecule has 4 nitrogen and oxygen atoms in total. The van der Waals surface area contributed by atoms with Crippen molar-refractivity contribution < 1.29 is 9.53 Å². The summed E-state index contributed by atoms with van der Waals surface area (Å²) in [7, 11) is 1.63. The van der Waals surface area contributed by atoms with Gasteiger partial charge in [-0.3, -0.25) is 4.79 Å². The van der Waals surface area contributed by atoms with Crippen LogP contribution in [0.3, 0.4) is 0 Å². The smallest absolute Gasteiger partial charge is 0.177 e. The molecule has 0 radical (unpaired) electrons. The molecule has 0 amide bonds. The minimum absolute atomic E-state index is 0.0469. The van der Waals surface area contributed by atoms with Crippen molar-refractivity contribution in [3.05, 3.63) is 4.88 Å². The molecule has 1 aliphatic rings. The molecule has 2 heterocycles. The van der Waals surface area contributed by atoms with E-state index in [1.807, 2.05) is 13.8 Å². The Labute approximate surface area is 131 Å². The molecule has 1 aromatic heterocycles. The predicted molar refractivity (Wildman–Crippen MR) is 89.7 cm³/mol. The molecule has 0 aliphatic carbocycles. The van der Waals surface area contributed by atoms with Crippen molar-refractivity contribution in [3.8, 4) is 5.75 Å². The number of piperidine rings is 1. The van der Waals surface area contributed by atoms with Crippen molar-refractivity contribution in [2.45, 2.75) is 40.0 Å². The largest absolute Gasteiger partial charge is 0.492 e. The average Bonchev–Trinajstić information content (AvgIpc) is 2.83. The van der Waals surface area contributed by atoms with Gasteiger partial charge in [0.2, 0.25) is 0 Å². The zero-order valence-electron chi connectivity index (χ0n) is 13.4. The fraction of sp³-hybridized carbons (Fsp3) is 0.688. The first kappa shape index (κ1) is 16.1. The standard InChI is InChI=1S/C16H26N2O2S/c1-5-11-6-8-18(9-7-11)16-14(20-4)12(17)15(21-16)13(19)10(2)3/h10-11H,5-9,17H2,1-4H3. The lowest BCUT2D eigenvalue weighted by Gasteiger charge is -2.32. The number of Topliss-reactive ketones (excluding diaryl/α,β-unsaturated/α-hetero) is 1. The number of hydrogen-bond donors (Lipinski definition) is 1. The number of methoxy groups -OCH3 is 1. The van der Waals surface area contributed by atoms with Gasteiger partial charge in [-0.25, -0.2) is 0 Å². The van der Waals surface area contributed by atoms with Crippen LogP contribution in [-0.4, -0.2) is 26.0 Å². The Hall–Kier alpha value is -1.23. The summed E-state index contributed by atoms with van der Waals surface area (Å²) in [5.74, 6) is 1.56. The number of hydrogen-bond acceptors (Lipinski definition) is 5. The second-order valence-corrected chi connectivity index (χ2v) is 7.04. The fourth-order valence-electron chi connectivity index (χ4n) is 2.81. The first-order chi connectivity index (χ1) is 9.99. The molecule has 21 heavy (non-hydrogen) atoms. The maximum Gasteiger partial charge on any atom is 0.177 e. The molecule has 2 N–H and O–H groups in total. The van der Waals surface area contributed by atoms with Crippen molar-refractivity contribution in [3.63, 3.8) is 0 Å². The van der Waals surface area contributed by atoms with Gasteiger partial charge >= 0.3 is 0 Å². The van der Waals surface area contributed by atoms with Crippen molar-refractivity contribution in [1.29, 1.82) is 0 Å². The Morgan fingerprint density at radius 2 is 2.05 bits per heavy atom. The number of carbonyl (C=O) groups is 1. The normalized spacial score (nSPS) is 16.5. The second kappa shape index (κ2) is 6.69. The van der Waals surface area contributed by atoms with Crippen LogP contribution in [0.15, 0.2) is 0 Å². The molecule has 0 spiro atoms. The minimum Gasteiger partial charge on any atom is -0.492 e. The van der Waals surface area contributed by atoms with Gasteiger partial charge in [-0.15, -0.1) is 11.3 Å². The third-order valence-corrected chi connectivity index (χ3v) is 5.58. The highest BCUT2D eigenvalue weighted by molar-refractivity contribution is 7.19. The lowest BCUT2D eigenvalue weighted by atomic mass is 9.94. The first-order valence-corrected chi connectivity index (χ1v) is 8.56. The summed E-state index contributed by atoms with van der Waals surface area (Å²) in [6.07, 6.45) is 3.64.